The maximum absolute atomic E-state index is 13.0. The van der Waals surface area contributed by atoms with Crippen LogP contribution in [0.1, 0.15) is 40.0 Å². The third kappa shape index (κ3) is 2.68. The largest absolute Gasteiger partial charge is 0.392 e. The Hall–Kier alpha value is -0.750. The first-order valence-electron chi connectivity index (χ1n) is 7.63. The Bertz CT molecular complexity index is 390. The molecule has 1 saturated heterocycles. The molecular weight excluding hydrogens is 280 g/mol. The molecule has 0 aromatic rings. The van der Waals surface area contributed by atoms with E-state index < -0.39 is 23.9 Å². The second-order valence-corrected chi connectivity index (χ2v) is 6.74. The summed E-state index contributed by atoms with van der Waals surface area (Å²) in [5.41, 5.74) is -1.94. The van der Waals surface area contributed by atoms with Crippen molar-refractivity contribution in [3.63, 3.8) is 0 Å². The summed E-state index contributed by atoms with van der Waals surface area (Å²) in [5.74, 6) is -0.505. The summed E-state index contributed by atoms with van der Waals surface area (Å²) in [4.78, 5) is 13.7. The lowest BCUT2D eigenvalue weighted by molar-refractivity contribution is -0.211. The summed E-state index contributed by atoms with van der Waals surface area (Å²) in [6, 6.07) is 0. The van der Waals surface area contributed by atoms with Crippen LogP contribution in [-0.2, 0) is 9.53 Å². The molecule has 0 bridgehead atoms. The maximum Gasteiger partial charge on any atom is 0.252 e. The van der Waals surface area contributed by atoms with E-state index in [1.54, 1.807) is 0 Å². The quantitative estimate of drug-likeness (QED) is 0.865. The molecule has 1 heterocycles. The number of hydrogen-bond donors (Lipinski definition) is 1. The van der Waals surface area contributed by atoms with Gasteiger partial charge in [0, 0.05) is 31.5 Å². The first-order valence-corrected chi connectivity index (χ1v) is 7.63. The predicted molar refractivity (Wildman–Crippen MR) is 74.1 cm³/mol. The van der Waals surface area contributed by atoms with Crippen molar-refractivity contribution < 1.29 is 23.4 Å². The summed E-state index contributed by atoms with van der Waals surface area (Å²) in [7, 11) is 0. The second kappa shape index (κ2) is 5.80. The fourth-order valence-electron chi connectivity index (χ4n) is 3.44. The molecule has 6 heteroatoms. The van der Waals surface area contributed by atoms with E-state index in [1.807, 2.05) is 6.92 Å². The number of alkyl halides is 2. The molecule has 2 fully saturated rings. The molecule has 0 unspecified atom stereocenters. The van der Waals surface area contributed by atoms with E-state index in [2.05, 4.69) is 0 Å². The Kier molecular flexibility index (Phi) is 4.59. The Balaban J connectivity index is 1.99. The van der Waals surface area contributed by atoms with Crippen molar-refractivity contribution in [1.82, 2.24) is 4.90 Å². The van der Waals surface area contributed by atoms with Crippen LogP contribution in [0.15, 0.2) is 0 Å². The number of likely N-dealkylation sites (tertiary alicyclic amines) is 1. The van der Waals surface area contributed by atoms with Crippen molar-refractivity contribution in [3.05, 3.63) is 0 Å². The zero-order valence-corrected chi connectivity index (χ0v) is 12.9. The average molecular weight is 305 g/mol. The molecule has 1 N–H and O–H groups in total. The van der Waals surface area contributed by atoms with Gasteiger partial charge in [-0.15, -0.1) is 0 Å². The van der Waals surface area contributed by atoms with E-state index in [1.165, 1.54) is 18.7 Å². The lowest BCUT2D eigenvalue weighted by atomic mass is 9.58. The molecule has 0 radical (unpaired) electrons. The number of carbonyl (C=O) groups excluding carboxylic acids is 1. The molecular formula is C15H25F2NO3. The molecule has 122 valence electrons. The third-order valence-electron chi connectivity index (χ3n) is 5.19. The highest BCUT2D eigenvalue weighted by molar-refractivity contribution is 5.82. The fourth-order valence-corrected chi connectivity index (χ4v) is 3.44. The molecule has 1 saturated carbocycles. The van der Waals surface area contributed by atoms with Gasteiger partial charge in [-0.05, 0) is 33.6 Å². The number of carbonyl (C=O) groups is 1. The molecule has 2 atom stereocenters. The van der Waals surface area contributed by atoms with E-state index >= 15 is 0 Å². The number of rotatable bonds is 4. The van der Waals surface area contributed by atoms with E-state index in [9.17, 15) is 18.7 Å². The molecule has 21 heavy (non-hydrogen) atoms. The Morgan fingerprint density at radius 3 is 2.43 bits per heavy atom. The Morgan fingerprint density at radius 2 is 2.00 bits per heavy atom. The van der Waals surface area contributed by atoms with Crippen LogP contribution < -0.4 is 0 Å². The molecule has 4 nitrogen and oxygen atoms in total. The highest BCUT2D eigenvalue weighted by Gasteiger charge is 2.57. The number of halogens is 2. The van der Waals surface area contributed by atoms with Crippen LogP contribution in [0, 0.1) is 10.8 Å². The second-order valence-electron chi connectivity index (χ2n) is 6.74. The lowest BCUT2D eigenvalue weighted by Gasteiger charge is -2.57. The third-order valence-corrected chi connectivity index (χ3v) is 5.19. The molecule has 1 spiro atoms. The van der Waals surface area contributed by atoms with Crippen molar-refractivity contribution in [2.45, 2.75) is 58.7 Å². The molecule has 0 aromatic heterocycles. The number of hydrogen-bond acceptors (Lipinski definition) is 3. The number of aliphatic hydroxyl groups excluding tert-OH is 1. The highest BCUT2D eigenvalue weighted by atomic mass is 19.3. The predicted octanol–water partition coefficient (Wildman–Crippen LogP) is 2.06. The molecule has 2 rings (SSSR count). The van der Waals surface area contributed by atoms with Crippen molar-refractivity contribution in [2.75, 3.05) is 19.7 Å². The Labute approximate surface area is 124 Å². The number of ether oxygens (including phenoxy) is 1. The van der Waals surface area contributed by atoms with E-state index in [4.69, 9.17) is 4.74 Å². The van der Waals surface area contributed by atoms with Crippen LogP contribution in [0.25, 0.3) is 0 Å². The Morgan fingerprint density at radius 1 is 1.43 bits per heavy atom. The first kappa shape index (κ1) is 16.6. The monoisotopic (exact) mass is 305 g/mol. The van der Waals surface area contributed by atoms with Crippen molar-refractivity contribution in [3.8, 4) is 0 Å². The summed E-state index contributed by atoms with van der Waals surface area (Å²) < 4.78 is 31.6. The topological polar surface area (TPSA) is 49.8 Å². The summed E-state index contributed by atoms with van der Waals surface area (Å²) in [5, 5.41) is 10.1. The van der Waals surface area contributed by atoms with Gasteiger partial charge in [-0.25, -0.2) is 8.78 Å². The highest BCUT2D eigenvalue weighted by Crippen LogP contribution is 2.51. The standard InChI is InChI=1S/C15H25F2NO3/c1-4-21-11-9-10(19)15(11)5-7-18(8-6-15)13(20)14(2,3)12(16)17/h10-12,19H,4-9H2,1-3H3/t10-,11+/m0/s1. The minimum Gasteiger partial charge on any atom is -0.392 e. The fraction of sp³-hybridized carbons (Fsp3) is 0.933. The molecule has 1 aliphatic heterocycles. The van der Waals surface area contributed by atoms with Crippen molar-refractivity contribution >= 4 is 5.91 Å². The zero-order chi connectivity index (χ0) is 15.8. The van der Waals surface area contributed by atoms with Gasteiger partial charge < -0.3 is 14.7 Å². The van der Waals surface area contributed by atoms with Crippen LogP contribution in [-0.4, -0.2) is 54.2 Å². The van der Waals surface area contributed by atoms with Gasteiger partial charge in [0.2, 0.25) is 5.91 Å². The van der Waals surface area contributed by atoms with Crippen molar-refractivity contribution in [1.29, 1.82) is 0 Å². The SMILES string of the molecule is CCO[C@@H]1C[C@H](O)C12CCN(C(=O)C(C)(C)C(F)F)CC2. The van der Waals surface area contributed by atoms with Gasteiger partial charge in [-0.1, -0.05) is 0 Å². The maximum atomic E-state index is 13.0. The van der Waals surface area contributed by atoms with Crippen LogP contribution >= 0.6 is 0 Å². The first-order chi connectivity index (χ1) is 9.75. The molecule has 2 aliphatic rings. The van der Waals surface area contributed by atoms with Crippen LogP contribution in [0.4, 0.5) is 8.78 Å². The minimum atomic E-state index is -2.67. The van der Waals surface area contributed by atoms with Gasteiger partial charge in [-0.3, -0.25) is 4.79 Å². The van der Waals surface area contributed by atoms with E-state index in [0.29, 0.717) is 39.0 Å². The summed E-state index contributed by atoms with van der Waals surface area (Å²) in [6.45, 7) is 5.91. The van der Waals surface area contributed by atoms with Gasteiger partial charge in [0.15, 0.2) is 0 Å². The van der Waals surface area contributed by atoms with Gasteiger partial charge in [0.1, 0.15) is 5.41 Å². The van der Waals surface area contributed by atoms with Crippen LogP contribution in [0.3, 0.4) is 0 Å². The number of nitrogens with zero attached hydrogens (tertiary/aromatic N) is 1. The summed E-state index contributed by atoms with van der Waals surface area (Å²) in [6.07, 6.45) is -1.20. The van der Waals surface area contributed by atoms with Gasteiger partial charge in [0.25, 0.3) is 6.43 Å². The number of aliphatic hydroxyl groups is 1. The molecule has 1 aliphatic carbocycles. The van der Waals surface area contributed by atoms with Crippen molar-refractivity contribution in [2.24, 2.45) is 10.8 Å². The smallest absolute Gasteiger partial charge is 0.252 e. The molecule has 0 aromatic carbocycles. The van der Waals surface area contributed by atoms with E-state index in [-0.39, 0.29) is 11.5 Å². The zero-order valence-electron chi connectivity index (χ0n) is 12.9. The number of piperidine rings is 1. The summed E-state index contributed by atoms with van der Waals surface area (Å²) >= 11 is 0. The lowest BCUT2D eigenvalue weighted by Crippen LogP contribution is -2.63. The number of amides is 1. The van der Waals surface area contributed by atoms with Gasteiger partial charge in [-0.2, -0.15) is 0 Å². The van der Waals surface area contributed by atoms with E-state index in [0.717, 1.165) is 0 Å². The molecule has 1 amide bonds. The van der Waals surface area contributed by atoms with Crippen LogP contribution in [0.5, 0.6) is 0 Å². The normalized spacial score (nSPS) is 28.8. The van der Waals surface area contributed by atoms with Gasteiger partial charge >= 0.3 is 0 Å². The van der Waals surface area contributed by atoms with Crippen LogP contribution in [0.2, 0.25) is 0 Å². The average Bonchev–Trinajstić information content (AvgIpc) is 2.46. The minimum absolute atomic E-state index is 0.0258. The van der Waals surface area contributed by atoms with Gasteiger partial charge in [0.05, 0.1) is 12.2 Å².